The molecule has 41 heavy (non-hydrogen) atoms. The van der Waals surface area contributed by atoms with Crippen LogP contribution in [0.4, 0.5) is 0 Å². The number of aliphatic hydroxyl groups excluding tert-OH is 1. The van der Waals surface area contributed by atoms with Gasteiger partial charge in [0.2, 0.25) is 0 Å². The number of hydrogen-bond acceptors (Lipinski definition) is 6. The summed E-state index contributed by atoms with van der Waals surface area (Å²) in [5.74, 6) is 1.48. The van der Waals surface area contributed by atoms with Gasteiger partial charge in [0.1, 0.15) is 46.5 Å². The van der Waals surface area contributed by atoms with Crippen LogP contribution in [0.5, 0.6) is 28.7 Å². The number of benzene rings is 4. The van der Waals surface area contributed by atoms with Crippen LogP contribution >= 0.6 is 0 Å². The van der Waals surface area contributed by atoms with Gasteiger partial charge in [0.15, 0.2) is 0 Å². The van der Waals surface area contributed by atoms with Gasteiger partial charge in [-0.1, -0.05) is 36.4 Å². The van der Waals surface area contributed by atoms with Crippen molar-refractivity contribution in [3.63, 3.8) is 0 Å². The first-order valence-electron chi connectivity index (χ1n) is 13.5. The molecule has 0 spiro atoms. The monoisotopic (exact) mass is 556 g/mol. The van der Waals surface area contributed by atoms with Crippen molar-refractivity contribution in [2.45, 2.75) is 45.3 Å². The summed E-state index contributed by atoms with van der Waals surface area (Å²) in [6, 6.07) is 25.7. The van der Waals surface area contributed by atoms with Crippen molar-refractivity contribution in [1.82, 2.24) is 0 Å². The van der Waals surface area contributed by atoms with Crippen molar-refractivity contribution in [1.29, 1.82) is 0 Å². The predicted molar refractivity (Wildman–Crippen MR) is 158 cm³/mol. The van der Waals surface area contributed by atoms with Crippen molar-refractivity contribution in [3.8, 4) is 28.7 Å². The molecule has 0 aliphatic carbocycles. The van der Waals surface area contributed by atoms with E-state index in [0.29, 0.717) is 35.0 Å². The summed E-state index contributed by atoms with van der Waals surface area (Å²) in [6.45, 7) is 3.78. The number of carboxylic acid groups (broad SMARTS) is 1. The number of aryl methyl sites for hydroxylation is 2. The lowest BCUT2D eigenvalue weighted by atomic mass is 9.97. The molecule has 0 amide bonds. The summed E-state index contributed by atoms with van der Waals surface area (Å²) in [7, 11) is 3.18. The van der Waals surface area contributed by atoms with Crippen LogP contribution < -0.4 is 18.9 Å². The van der Waals surface area contributed by atoms with E-state index in [2.05, 4.69) is 12.1 Å². The number of hydrogen-bond donors (Lipinski definition) is 2. The van der Waals surface area contributed by atoms with Crippen LogP contribution in [0.25, 0.3) is 0 Å². The zero-order valence-electron chi connectivity index (χ0n) is 23.8. The Morgan fingerprint density at radius 1 is 0.805 bits per heavy atom. The van der Waals surface area contributed by atoms with E-state index in [1.807, 2.05) is 44.2 Å². The average molecular weight is 557 g/mol. The first kappa shape index (κ1) is 29.5. The van der Waals surface area contributed by atoms with Crippen molar-refractivity contribution in [2.24, 2.45) is 0 Å². The molecule has 0 radical (unpaired) electrons. The molecule has 0 heterocycles. The van der Waals surface area contributed by atoms with Crippen LogP contribution in [0.1, 0.15) is 51.6 Å². The van der Waals surface area contributed by atoms with Crippen LogP contribution in [0.2, 0.25) is 0 Å². The van der Waals surface area contributed by atoms with E-state index in [1.54, 1.807) is 50.6 Å². The van der Waals surface area contributed by atoms with E-state index >= 15 is 0 Å². The highest BCUT2D eigenvalue weighted by Gasteiger charge is 2.25. The standard InChI is InChI=1S/C34H36O7/c1-22-13-18-28(34(36)37)32(19-22)41-27-16-14-26(15-17-27)40-29(12-8-11-24-9-6-5-7-10-24)33(35)25-20-30(38-3)23(2)31(21-25)39-4/h5-7,9-10,13-21,29,33,35H,8,11-12H2,1-4H3,(H,36,37). The van der Waals surface area contributed by atoms with E-state index in [-0.39, 0.29) is 11.3 Å². The highest BCUT2D eigenvalue weighted by Crippen LogP contribution is 2.35. The largest absolute Gasteiger partial charge is 0.496 e. The smallest absolute Gasteiger partial charge is 0.339 e. The quantitative estimate of drug-likeness (QED) is 0.178. The fourth-order valence-electron chi connectivity index (χ4n) is 4.70. The molecule has 0 bridgehead atoms. The first-order chi connectivity index (χ1) is 19.8. The number of methoxy groups -OCH3 is 2. The number of aromatic carboxylic acids is 1. The topological polar surface area (TPSA) is 94.5 Å². The molecular weight excluding hydrogens is 520 g/mol. The second kappa shape index (κ2) is 13.7. The van der Waals surface area contributed by atoms with Crippen LogP contribution in [0.3, 0.4) is 0 Å². The van der Waals surface area contributed by atoms with Gasteiger partial charge < -0.3 is 29.2 Å². The number of aliphatic hydroxyl groups is 1. The fourth-order valence-corrected chi connectivity index (χ4v) is 4.70. The molecular formula is C34H36O7. The normalized spacial score (nSPS) is 12.3. The van der Waals surface area contributed by atoms with Gasteiger partial charge in [0.05, 0.1) is 14.2 Å². The molecule has 0 saturated carbocycles. The third-order valence-electron chi connectivity index (χ3n) is 6.97. The minimum Gasteiger partial charge on any atom is -0.496 e. The van der Waals surface area contributed by atoms with Crippen molar-refractivity contribution < 1.29 is 34.0 Å². The lowest BCUT2D eigenvalue weighted by molar-refractivity contribution is 0.0289. The Balaban J connectivity index is 1.55. The number of carboxylic acids is 1. The second-order valence-electron chi connectivity index (χ2n) is 9.91. The first-order valence-corrected chi connectivity index (χ1v) is 13.5. The molecule has 7 nitrogen and oxygen atoms in total. The van der Waals surface area contributed by atoms with Crippen LogP contribution in [0, 0.1) is 13.8 Å². The Bertz CT molecular complexity index is 1420. The molecule has 4 aromatic rings. The maximum atomic E-state index is 11.6. The Morgan fingerprint density at radius 3 is 2.05 bits per heavy atom. The van der Waals surface area contributed by atoms with Crippen molar-refractivity contribution in [3.05, 3.63) is 113 Å². The van der Waals surface area contributed by atoms with Gasteiger partial charge in [-0.15, -0.1) is 0 Å². The van der Waals surface area contributed by atoms with Gasteiger partial charge in [0.25, 0.3) is 0 Å². The molecule has 2 atom stereocenters. The van der Waals surface area contributed by atoms with Crippen molar-refractivity contribution in [2.75, 3.05) is 14.2 Å². The van der Waals surface area contributed by atoms with Crippen molar-refractivity contribution >= 4 is 5.97 Å². The summed E-state index contributed by atoms with van der Waals surface area (Å²) in [6.07, 6.45) is 0.744. The number of carbonyl (C=O) groups is 1. The molecule has 4 aromatic carbocycles. The number of rotatable bonds is 13. The minimum atomic E-state index is -1.06. The summed E-state index contributed by atoms with van der Waals surface area (Å²) in [5.41, 5.74) is 3.68. The predicted octanol–water partition coefficient (Wildman–Crippen LogP) is 7.32. The minimum absolute atomic E-state index is 0.0847. The van der Waals surface area contributed by atoms with E-state index in [1.165, 1.54) is 11.6 Å². The average Bonchev–Trinajstić information content (AvgIpc) is 2.97. The summed E-state index contributed by atoms with van der Waals surface area (Å²) in [5, 5.41) is 21.0. The lowest BCUT2D eigenvalue weighted by Gasteiger charge is -2.26. The fraction of sp³-hybridized carbons (Fsp3) is 0.265. The van der Waals surface area contributed by atoms with Gasteiger partial charge in [-0.2, -0.15) is 0 Å². The molecule has 0 saturated heterocycles. The Labute approximate surface area is 240 Å². The highest BCUT2D eigenvalue weighted by molar-refractivity contribution is 5.91. The van der Waals surface area contributed by atoms with Gasteiger partial charge in [-0.25, -0.2) is 4.79 Å². The molecule has 0 aliphatic rings. The summed E-state index contributed by atoms with van der Waals surface area (Å²) >= 11 is 0. The van der Waals surface area contributed by atoms with E-state index in [4.69, 9.17) is 18.9 Å². The van der Waals surface area contributed by atoms with E-state index in [0.717, 1.165) is 24.0 Å². The molecule has 7 heteroatoms. The van der Waals surface area contributed by atoms with Crippen LogP contribution in [0.15, 0.2) is 84.9 Å². The maximum absolute atomic E-state index is 11.6. The lowest BCUT2D eigenvalue weighted by Crippen LogP contribution is -2.26. The molecule has 0 aromatic heterocycles. The number of ether oxygens (including phenoxy) is 4. The van der Waals surface area contributed by atoms with Gasteiger partial charge in [-0.05, 0) is 98.3 Å². The molecule has 214 valence electrons. The molecule has 0 aliphatic heterocycles. The van der Waals surface area contributed by atoms with Gasteiger partial charge >= 0.3 is 5.97 Å². The van der Waals surface area contributed by atoms with E-state index < -0.39 is 18.2 Å². The zero-order valence-corrected chi connectivity index (χ0v) is 23.8. The Hall–Kier alpha value is -4.49. The summed E-state index contributed by atoms with van der Waals surface area (Å²) < 4.78 is 23.3. The highest BCUT2D eigenvalue weighted by atomic mass is 16.5. The SMILES string of the molecule is COc1cc(C(O)C(CCCc2ccccc2)Oc2ccc(Oc3cc(C)ccc3C(=O)O)cc2)cc(OC)c1C. The van der Waals surface area contributed by atoms with Crippen LogP contribution in [-0.4, -0.2) is 36.5 Å². The van der Waals surface area contributed by atoms with Gasteiger partial charge in [-0.3, -0.25) is 0 Å². The Kier molecular flexibility index (Phi) is 9.87. The maximum Gasteiger partial charge on any atom is 0.339 e. The Morgan fingerprint density at radius 2 is 1.44 bits per heavy atom. The third kappa shape index (κ3) is 7.58. The van der Waals surface area contributed by atoms with E-state index in [9.17, 15) is 15.0 Å². The van der Waals surface area contributed by atoms with Crippen LogP contribution in [-0.2, 0) is 6.42 Å². The second-order valence-corrected chi connectivity index (χ2v) is 9.91. The molecule has 0 fully saturated rings. The third-order valence-corrected chi connectivity index (χ3v) is 6.97. The molecule has 2 unspecified atom stereocenters. The summed E-state index contributed by atoms with van der Waals surface area (Å²) in [4.78, 5) is 11.6. The molecule has 4 rings (SSSR count). The van der Waals surface area contributed by atoms with Gasteiger partial charge in [0, 0.05) is 5.56 Å². The molecule has 2 N–H and O–H groups in total. The zero-order chi connectivity index (χ0) is 29.4.